The summed E-state index contributed by atoms with van der Waals surface area (Å²) in [5, 5.41) is 11.1. The molecule has 0 radical (unpaired) electrons. The number of aromatic nitrogens is 4. The van der Waals surface area contributed by atoms with Gasteiger partial charge in [-0.25, -0.2) is 4.99 Å². The Morgan fingerprint density at radius 1 is 0.970 bits per heavy atom. The van der Waals surface area contributed by atoms with Crippen LogP contribution in [0.1, 0.15) is 32.0 Å². The lowest BCUT2D eigenvalue weighted by molar-refractivity contribution is 0.174. The number of nitrogens with zero attached hydrogens (tertiary/aromatic N) is 5. The van der Waals surface area contributed by atoms with Gasteiger partial charge in [0.25, 0.3) is 0 Å². The predicted molar refractivity (Wildman–Crippen MR) is 128 cm³/mol. The van der Waals surface area contributed by atoms with Gasteiger partial charge in [0, 0.05) is 36.0 Å². The standard InChI is InChI=1S/C25H25N5O2S/c1-2-29-20(18-9-12-21-22(14-18)32-16-31-21)15-33-25(29)26-19-10-7-17(8-11-19)24-28-27-23-6-4-3-5-13-30(23)24/h7-12,14-15H,2-6,13,16H2,1H3. The molecule has 0 spiro atoms. The number of rotatable bonds is 4. The van der Waals surface area contributed by atoms with Crippen LogP contribution in [-0.4, -0.2) is 26.1 Å². The third kappa shape index (κ3) is 3.74. The first-order chi connectivity index (χ1) is 16.3. The SMILES string of the molecule is CCn1c(-c2ccc3c(c2)OCO3)csc1=Nc1ccc(-c2nnc3n2CCCCC3)cc1. The maximum absolute atomic E-state index is 5.56. The molecule has 0 bridgehead atoms. The van der Waals surface area contributed by atoms with E-state index in [0.29, 0.717) is 0 Å². The molecule has 2 aromatic carbocycles. The topological polar surface area (TPSA) is 66.5 Å². The van der Waals surface area contributed by atoms with Crippen LogP contribution in [0.5, 0.6) is 11.5 Å². The van der Waals surface area contributed by atoms with Crippen LogP contribution in [-0.2, 0) is 19.5 Å². The fourth-order valence-corrected chi connectivity index (χ4v) is 5.50. The molecule has 0 aliphatic carbocycles. The molecule has 4 heterocycles. The highest BCUT2D eigenvalue weighted by molar-refractivity contribution is 7.07. The number of hydrogen-bond donors (Lipinski definition) is 0. The molecule has 0 N–H and O–H groups in total. The number of aryl methyl sites for hydroxylation is 1. The summed E-state index contributed by atoms with van der Waals surface area (Å²) in [5.41, 5.74) is 4.24. The minimum atomic E-state index is 0.282. The lowest BCUT2D eigenvalue weighted by Gasteiger charge is -2.08. The molecule has 0 unspecified atom stereocenters. The molecule has 7 nitrogen and oxygen atoms in total. The summed E-state index contributed by atoms with van der Waals surface area (Å²) in [7, 11) is 0. The van der Waals surface area contributed by atoms with Crippen molar-refractivity contribution in [1.82, 2.24) is 19.3 Å². The lowest BCUT2D eigenvalue weighted by atomic mass is 10.1. The van der Waals surface area contributed by atoms with Gasteiger partial charge in [-0.05, 0) is 62.2 Å². The first-order valence-electron chi connectivity index (χ1n) is 11.5. The van der Waals surface area contributed by atoms with Crippen molar-refractivity contribution in [3.8, 4) is 34.1 Å². The van der Waals surface area contributed by atoms with Crippen LogP contribution in [0.25, 0.3) is 22.6 Å². The van der Waals surface area contributed by atoms with Crippen LogP contribution in [0.4, 0.5) is 5.69 Å². The van der Waals surface area contributed by atoms with E-state index >= 15 is 0 Å². The first kappa shape index (κ1) is 20.2. The van der Waals surface area contributed by atoms with Gasteiger partial charge < -0.3 is 18.6 Å². The third-order valence-corrected chi connectivity index (χ3v) is 7.11. The maximum atomic E-state index is 5.56. The fourth-order valence-electron chi connectivity index (χ4n) is 4.50. The molecule has 0 saturated carbocycles. The van der Waals surface area contributed by atoms with E-state index in [-0.39, 0.29) is 6.79 Å². The molecule has 168 valence electrons. The van der Waals surface area contributed by atoms with Crippen LogP contribution < -0.4 is 14.3 Å². The minimum Gasteiger partial charge on any atom is -0.454 e. The Balaban J connectivity index is 1.31. The van der Waals surface area contributed by atoms with Crippen molar-refractivity contribution in [3.05, 3.63) is 58.5 Å². The van der Waals surface area contributed by atoms with E-state index in [2.05, 4.69) is 62.0 Å². The Morgan fingerprint density at radius 3 is 2.70 bits per heavy atom. The van der Waals surface area contributed by atoms with Crippen molar-refractivity contribution >= 4 is 17.0 Å². The van der Waals surface area contributed by atoms with E-state index < -0.39 is 0 Å². The van der Waals surface area contributed by atoms with Crippen LogP contribution >= 0.6 is 11.3 Å². The van der Waals surface area contributed by atoms with E-state index in [1.807, 2.05) is 12.1 Å². The fraction of sp³-hybridized carbons (Fsp3) is 0.320. The second-order valence-corrected chi connectivity index (χ2v) is 9.11. The highest BCUT2D eigenvalue weighted by Crippen LogP contribution is 2.36. The summed E-state index contributed by atoms with van der Waals surface area (Å²) in [6, 6.07) is 14.4. The van der Waals surface area contributed by atoms with Gasteiger partial charge in [0.15, 0.2) is 22.1 Å². The first-order valence-corrected chi connectivity index (χ1v) is 12.3. The Morgan fingerprint density at radius 2 is 1.82 bits per heavy atom. The number of ether oxygens (including phenoxy) is 2. The Bertz CT molecular complexity index is 1370. The molecule has 0 atom stereocenters. The van der Waals surface area contributed by atoms with Crippen LogP contribution in [0.2, 0.25) is 0 Å². The zero-order valence-electron chi connectivity index (χ0n) is 18.5. The quantitative estimate of drug-likeness (QED) is 0.422. The second kappa shape index (κ2) is 8.51. The summed E-state index contributed by atoms with van der Waals surface area (Å²) in [6.45, 7) is 4.25. The molecule has 4 aromatic rings. The summed E-state index contributed by atoms with van der Waals surface area (Å²) >= 11 is 1.64. The third-order valence-electron chi connectivity index (χ3n) is 6.24. The molecule has 0 amide bonds. The van der Waals surface area contributed by atoms with Gasteiger partial charge >= 0.3 is 0 Å². The van der Waals surface area contributed by atoms with Gasteiger partial charge in [0.2, 0.25) is 6.79 Å². The summed E-state index contributed by atoms with van der Waals surface area (Å²) in [6.07, 6.45) is 4.66. The Hall–Kier alpha value is -3.39. The van der Waals surface area contributed by atoms with Crippen molar-refractivity contribution in [2.45, 2.75) is 45.7 Å². The monoisotopic (exact) mass is 459 g/mol. The smallest absolute Gasteiger partial charge is 0.231 e. The van der Waals surface area contributed by atoms with E-state index in [4.69, 9.17) is 14.5 Å². The molecule has 0 fully saturated rings. The second-order valence-electron chi connectivity index (χ2n) is 8.28. The van der Waals surface area contributed by atoms with Gasteiger partial charge in [-0.1, -0.05) is 6.42 Å². The van der Waals surface area contributed by atoms with Crippen molar-refractivity contribution in [1.29, 1.82) is 0 Å². The molecular formula is C25H25N5O2S. The molecule has 2 aliphatic heterocycles. The average molecular weight is 460 g/mol. The molecule has 33 heavy (non-hydrogen) atoms. The molecule has 2 aromatic heterocycles. The number of benzene rings is 2. The summed E-state index contributed by atoms with van der Waals surface area (Å²) in [4.78, 5) is 5.91. The van der Waals surface area contributed by atoms with Crippen LogP contribution in [0, 0.1) is 0 Å². The zero-order chi connectivity index (χ0) is 22.2. The molecule has 8 heteroatoms. The molecule has 6 rings (SSSR count). The van der Waals surface area contributed by atoms with Crippen molar-refractivity contribution in [2.24, 2.45) is 4.99 Å². The molecule has 0 saturated heterocycles. The molecular weight excluding hydrogens is 434 g/mol. The zero-order valence-corrected chi connectivity index (χ0v) is 19.3. The van der Waals surface area contributed by atoms with Crippen molar-refractivity contribution in [2.75, 3.05) is 6.79 Å². The van der Waals surface area contributed by atoms with Crippen molar-refractivity contribution < 1.29 is 9.47 Å². The largest absolute Gasteiger partial charge is 0.454 e. The van der Waals surface area contributed by atoms with Gasteiger partial charge in [0.1, 0.15) is 5.82 Å². The summed E-state index contributed by atoms with van der Waals surface area (Å²) < 4.78 is 15.5. The van der Waals surface area contributed by atoms with Gasteiger partial charge in [-0.3, -0.25) is 0 Å². The average Bonchev–Trinajstić information content (AvgIpc) is 3.54. The van der Waals surface area contributed by atoms with Gasteiger partial charge in [-0.2, -0.15) is 0 Å². The van der Waals surface area contributed by atoms with Crippen LogP contribution in [0.3, 0.4) is 0 Å². The van der Waals surface area contributed by atoms with Gasteiger partial charge in [0.05, 0.1) is 11.4 Å². The van der Waals surface area contributed by atoms with Crippen LogP contribution in [0.15, 0.2) is 52.8 Å². The number of thiazole rings is 1. The van der Waals surface area contributed by atoms with E-state index in [1.54, 1.807) is 11.3 Å². The number of fused-ring (bicyclic) bond motifs is 2. The Labute approximate surface area is 196 Å². The highest BCUT2D eigenvalue weighted by Gasteiger charge is 2.17. The minimum absolute atomic E-state index is 0.282. The van der Waals surface area contributed by atoms with E-state index in [9.17, 15) is 0 Å². The van der Waals surface area contributed by atoms with E-state index in [1.165, 1.54) is 19.3 Å². The van der Waals surface area contributed by atoms with Crippen molar-refractivity contribution in [3.63, 3.8) is 0 Å². The van der Waals surface area contributed by atoms with Gasteiger partial charge in [-0.15, -0.1) is 21.5 Å². The molecule has 2 aliphatic rings. The normalized spacial score (nSPS) is 15.5. The van der Waals surface area contributed by atoms with E-state index in [0.717, 1.165) is 70.0 Å². The Kier molecular flexibility index (Phi) is 5.22. The lowest BCUT2D eigenvalue weighted by Crippen LogP contribution is -2.14. The summed E-state index contributed by atoms with van der Waals surface area (Å²) in [5.74, 6) is 3.66. The number of hydrogen-bond acceptors (Lipinski definition) is 6. The maximum Gasteiger partial charge on any atom is 0.231 e. The predicted octanol–water partition coefficient (Wildman–Crippen LogP) is 5.18. The highest BCUT2D eigenvalue weighted by atomic mass is 32.1.